The molecule has 1 fully saturated rings. The molecular formula is C25H29ClN4O4S. The van der Waals surface area contributed by atoms with E-state index < -0.39 is 15.9 Å². The SMILES string of the molecule is COc1ccc(C)cc1S(=O)(=O)N1CCC[C@H](C(=O)NCCNc2ccnc3cc(Cl)ccc23)C1. The number of nitrogens with one attached hydrogen (secondary N) is 2. The van der Waals surface area contributed by atoms with Gasteiger partial charge >= 0.3 is 0 Å². The van der Waals surface area contributed by atoms with E-state index in [0.29, 0.717) is 43.2 Å². The average molecular weight is 517 g/mol. The molecule has 1 saturated heterocycles. The summed E-state index contributed by atoms with van der Waals surface area (Å²) in [5, 5.41) is 7.83. The molecule has 8 nitrogen and oxygen atoms in total. The van der Waals surface area contributed by atoms with Crippen LogP contribution in [0.3, 0.4) is 0 Å². The van der Waals surface area contributed by atoms with Crippen molar-refractivity contribution in [3.8, 4) is 5.75 Å². The Labute approximate surface area is 210 Å². The van der Waals surface area contributed by atoms with Crippen LogP contribution in [0.5, 0.6) is 5.75 Å². The number of hydrogen-bond donors (Lipinski definition) is 2. The van der Waals surface area contributed by atoms with E-state index in [1.165, 1.54) is 11.4 Å². The lowest BCUT2D eigenvalue weighted by atomic mass is 9.99. The zero-order chi connectivity index (χ0) is 25.0. The lowest BCUT2D eigenvalue weighted by molar-refractivity contribution is -0.125. The number of halogens is 1. The second-order valence-electron chi connectivity index (χ2n) is 8.59. The molecule has 3 aromatic rings. The number of carbonyl (C=O) groups is 1. The predicted octanol–water partition coefficient (Wildman–Crippen LogP) is 3.83. The summed E-state index contributed by atoms with van der Waals surface area (Å²) in [7, 11) is -2.33. The summed E-state index contributed by atoms with van der Waals surface area (Å²) < 4.78 is 33.3. The summed E-state index contributed by atoms with van der Waals surface area (Å²) in [5.41, 5.74) is 2.52. The van der Waals surface area contributed by atoms with Crippen molar-refractivity contribution in [2.24, 2.45) is 5.92 Å². The summed E-state index contributed by atoms with van der Waals surface area (Å²) in [6.07, 6.45) is 2.97. The summed E-state index contributed by atoms with van der Waals surface area (Å²) in [6, 6.07) is 12.5. The minimum atomic E-state index is -3.78. The van der Waals surface area contributed by atoms with Gasteiger partial charge in [0.05, 0.1) is 18.5 Å². The average Bonchev–Trinajstić information content (AvgIpc) is 2.86. The molecule has 1 aliphatic heterocycles. The Morgan fingerprint density at radius 3 is 2.83 bits per heavy atom. The zero-order valence-electron chi connectivity index (χ0n) is 19.8. The third-order valence-electron chi connectivity index (χ3n) is 6.14. The monoisotopic (exact) mass is 516 g/mol. The third-order valence-corrected chi connectivity index (χ3v) is 8.26. The second-order valence-corrected chi connectivity index (χ2v) is 10.9. The number of methoxy groups -OCH3 is 1. The van der Waals surface area contributed by atoms with E-state index in [4.69, 9.17) is 16.3 Å². The Morgan fingerprint density at radius 2 is 2.03 bits per heavy atom. The van der Waals surface area contributed by atoms with Gasteiger partial charge in [0.2, 0.25) is 15.9 Å². The summed E-state index contributed by atoms with van der Waals surface area (Å²) >= 11 is 6.05. The van der Waals surface area contributed by atoms with Crippen molar-refractivity contribution in [1.29, 1.82) is 0 Å². The van der Waals surface area contributed by atoms with Gasteiger partial charge in [0.25, 0.3) is 0 Å². The van der Waals surface area contributed by atoms with Crippen molar-refractivity contribution in [2.45, 2.75) is 24.7 Å². The van der Waals surface area contributed by atoms with E-state index in [-0.39, 0.29) is 17.3 Å². The fourth-order valence-electron chi connectivity index (χ4n) is 4.30. The van der Waals surface area contributed by atoms with Gasteiger partial charge in [-0.2, -0.15) is 4.31 Å². The molecular weight excluding hydrogens is 488 g/mol. The molecule has 2 N–H and O–H groups in total. The minimum absolute atomic E-state index is 0.135. The molecule has 1 amide bonds. The first-order chi connectivity index (χ1) is 16.8. The Balaban J connectivity index is 1.35. The second kappa shape index (κ2) is 10.8. The Hall–Kier alpha value is -2.88. The molecule has 35 heavy (non-hydrogen) atoms. The maximum absolute atomic E-state index is 13.3. The quantitative estimate of drug-likeness (QED) is 0.441. The van der Waals surface area contributed by atoms with Crippen LogP contribution < -0.4 is 15.4 Å². The lowest BCUT2D eigenvalue weighted by Gasteiger charge is -2.31. The van der Waals surface area contributed by atoms with Gasteiger partial charge in [-0.1, -0.05) is 17.7 Å². The van der Waals surface area contributed by atoms with Gasteiger partial charge in [0.15, 0.2) is 0 Å². The number of amides is 1. The van der Waals surface area contributed by atoms with Crippen LogP contribution in [0.1, 0.15) is 18.4 Å². The minimum Gasteiger partial charge on any atom is -0.495 e. The van der Waals surface area contributed by atoms with Gasteiger partial charge < -0.3 is 15.4 Å². The van der Waals surface area contributed by atoms with E-state index in [1.54, 1.807) is 24.4 Å². The molecule has 186 valence electrons. The van der Waals surface area contributed by atoms with Crippen molar-refractivity contribution in [3.63, 3.8) is 0 Å². The normalized spacial score (nSPS) is 16.7. The van der Waals surface area contributed by atoms with Crippen LogP contribution in [0.25, 0.3) is 10.9 Å². The Bertz CT molecular complexity index is 1330. The van der Waals surface area contributed by atoms with Crippen molar-refractivity contribution >= 4 is 44.1 Å². The number of fused-ring (bicyclic) bond motifs is 1. The molecule has 0 radical (unpaired) electrons. The topological polar surface area (TPSA) is 101 Å². The highest BCUT2D eigenvalue weighted by Gasteiger charge is 2.34. The molecule has 1 atom stereocenters. The van der Waals surface area contributed by atoms with Gasteiger partial charge in [0, 0.05) is 48.5 Å². The van der Waals surface area contributed by atoms with Gasteiger partial charge in [-0.25, -0.2) is 8.42 Å². The van der Waals surface area contributed by atoms with Gasteiger partial charge in [-0.05, 0) is 61.7 Å². The Kier molecular flexibility index (Phi) is 7.78. The number of carbonyl (C=O) groups excluding carboxylic acids is 1. The third kappa shape index (κ3) is 5.69. The number of ether oxygens (including phenoxy) is 1. The van der Waals surface area contributed by atoms with Crippen LogP contribution in [-0.4, -0.2) is 56.9 Å². The number of piperidine rings is 1. The molecule has 2 aromatic carbocycles. The molecule has 0 bridgehead atoms. The molecule has 0 saturated carbocycles. The number of aromatic nitrogens is 1. The fourth-order valence-corrected chi connectivity index (χ4v) is 6.23. The van der Waals surface area contributed by atoms with Gasteiger partial charge in [-0.15, -0.1) is 0 Å². The Morgan fingerprint density at radius 1 is 1.20 bits per heavy atom. The van der Waals surface area contributed by atoms with Crippen LogP contribution in [-0.2, 0) is 14.8 Å². The van der Waals surface area contributed by atoms with Crippen molar-refractivity contribution in [2.75, 3.05) is 38.6 Å². The van der Waals surface area contributed by atoms with Crippen LogP contribution in [0.4, 0.5) is 5.69 Å². The van der Waals surface area contributed by atoms with Crippen LogP contribution in [0.15, 0.2) is 53.6 Å². The maximum Gasteiger partial charge on any atom is 0.246 e. The van der Waals surface area contributed by atoms with E-state index in [2.05, 4.69) is 15.6 Å². The zero-order valence-corrected chi connectivity index (χ0v) is 21.3. The number of benzene rings is 2. The van der Waals surface area contributed by atoms with Crippen LogP contribution in [0.2, 0.25) is 5.02 Å². The van der Waals surface area contributed by atoms with Crippen LogP contribution >= 0.6 is 11.6 Å². The number of sulfonamides is 1. The van der Waals surface area contributed by atoms with Crippen molar-refractivity contribution < 1.29 is 17.9 Å². The maximum atomic E-state index is 13.3. The number of pyridine rings is 1. The standard InChI is InChI=1S/C25H29ClN4O4S/c1-17-5-8-23(34-2)24(14-17)35(32,33)30-13-3-4-18(16-30)25(31)29-12-11-28-21-9-10-27-22-15-19(26)6-7-20(21)22/h5-10,14-15,18H,3-4,11-13,16H2,1-2H3,(H,27,28)(H,29,31)/t18-/m0/s1. The highest BCUT2D eigenvalue weighted by Crippen LogP contribution is 2.30. The van der Waals surface area contributed by atoms with Crippen LogP contribution in [0, 0.1) is 12.8 Å². The number of aryl methyl sites for hydroxylation is 1. The first-order valence-electron chi connectivity index (χ1n) is 11.5. The first-order valence-corrected chi connectivity index (χ1v) is 13.3. The molecule has 0 spiro atoms. The number of anilines is 1. The molecule has 10 heteroatoms. The fraction of sp³-hybridized carbons (Fsp3) is 0.360. The van der Waals surface area contributed by atoms with E-state index in [1.807, 2.05) is 31.2 Å². The molecule has 1 aromatic heterocycles. The van der Waals surface area contributed by atoms with E-state index in [0.717, 1.165) is 22.2 Å². The molecule has 0 aliphatic carbocycles. The molecule has 1 aliphatic rings. The molecule has 2 heterocycles. The smallest absolute Gasteiger partial charge is 0.246 e. The number of hydrogen-bond acceptors (Lipinski definition) is 6. The molecule has 0 unspecified atom stereocenters. The number of nitrogens with zero attached hydrogens (tertiary/aromatic N) is 2. The first kappa shape index (κ1) is 25.2. The van der Waals surface area contributed by atoms with E-state index in [9.17, 15) is 13.2 Å². The van der Waals surface area contributed by atoms with Gasteiger partial charge in [0.1, 0.15) is 10.6 Å². The lowest BCUT2D eigenvalue weighted by Crippen LogP contribution is -2.46. The predicted molar refractivity (Wildman–Crippen MR) is 137 cm³/mol. The highest BCUT2D eigenvalue weighted by molar-refractivity contribution is 7.89. The largest absolute Gasteiger partial charge is 0.495 e. The summed E-state index contributed by atoms with van der Waals surface area (Å²) in [6.45, 7) is 3.29. The van der Waals surface area contributed by atoms with Crippen molar-refractivity contribution in [3.05, 3.63) is 59.2 Å². The summed E-state index contributed by atoms with van der Waals surface area (Å²) in [4.78, 5) is 17.3. The molecule has 4 rings (SSSR count). The summed E-state index contributed by atoms with van der Waals surface area (Å²) in [5.74, 6) is -0.244. The van der Waals surface area contributed by atoms with Gasteiger partial charge in [-0.3, -0.25) is 9.78 Å². The number of rotatable bonds is 8. The van der Waals surface area contributed by atoms with E-state index >= 15 is 0 Å². The van der Waals surface area contributed by atoms with Crippen molar-refractivity contribution in [1.82, 2.24) is 14.6 Å². The highest BCUT2D eigenvalue weighted by atomic mass is 35.5.